The molecule has 0 atom stereocenters. The first-order valence-corrected chi connectivity index (χ1v) is 6.99. The van der Waals surface area contributed by atoms with Gasteiger partial charge in [0, 0.05) is 0 Å². The molecule has 138 valence electrons. The van der Waals surface area contributed by atoms with Crippen LogP contribution >= 0.6 is 0 Å². The van der Waals surface area contributed by atoms with Crippen molar-refractivity contribution in [1.29, 1.82) is 0 Å². The van der Waals surface area contributed by atoms with E-state index < -0.39 is 60.4 Å². The zero-order valence-electron chi connectivity index (χ0n) is 14.0. The Hall–Kier alpha value is -1.56. The topological polar surface area (TPSA) is 146 Å². The van der Waals surface area contributed by atoms with Crippen LogP contribution in [0, 0.1) is 0 Å². The highest BCUT2D eigenvalue weighted by Gasteiger charge is 2.44. The van der Waals surface area contributed by atoms with Gasteiger partial charge in [0.05, 0.1) is 25.7 Å². The van der Waals surface area contributed by atoms with E-state index >= 15 is 0 Å². The first-order valence-electron chi connectivity index (χ1n) is 6.99. The lowest BCUT2D eigenvalue weighted by Crippen LogP contribution is -2.46. The molecule has 0 heterocycles. The zero-order valence-corrected chi connectivity index (χ0v) is 14.0. The van der Waals surface area contributed by atoms with E-state index in [-0.39, 0.29) is 0 Å². The molecule has 0 rings (SSSR count). The molecule has 0 amide bonds. The third-order valence-electron chi connectivity index (χ3n) is 2.75. The molecule has 0 aromatic rings. The number of Topliss-reactive ketones (excluding diaryl/α,β-unsaturated/α-hetero) is 4. The van der Waals surface area contributed by atoms with Crippen LogP contribution in [0.2, 0.25) is 0 Å². The first-order chi connectivity index (χ1) is 11.0. The van der Waals surface area contributed by atoms with E-state index in [1.807, 2.05) is 0 Å². The molecule has 10 nitrogen and oxygen atoms in total. The molecule has 0 unspecified atom stereocenters. The van der Waals surface area contributed by atoms with Gasteiger partial charge in [0.2, 0.25) is 11.6 Å². The monoisotopic (exact) mass is 350 g/mol. The second-order valence-corrected chi connectivity index (χ2v) is 5.69. The van der Waals surface area contributed by atoms with Crippen molar-refractivity contribution in [2.24, 2.45) is 0 Å². The summed E-state index contributed by atoms with van der Waals surface area (Å²) in [6.07, 6.45) is -2.31. The highest BCUT2D eigenvalue weighted by Crippen LogP contribution is 2.30. The second-order valence-electron chi connectivity index (χ2n) is 5.69. The molecule has 0 saturated heterocycles. The summed E-state index contributed by atoms with van der Waals surface area (Å²) in [6, 6.07) is 0. The number of ketones is 4. The van der Waals surface area contributed by atoms with Crippen molar-refractivity contribution in [2.45, 2.75) is 65.0 Å². The maximum absolute atomic E-state index is 11.3. The van der Waals surface area contributed by atoms with Crippen molar-refractivity contribution in [3.63, 3.8) is 0 Å². The molecule has 0 fully saturated rings. The summed E-state index contributed by atoms with van der Waals surface area (Å²) in [7, 11) is 0. The molecular weight excluding hydrogens is 328 g/mol. The lowest BCUT2D eigenvalue weighted by atomic mass is 10.0. The average molecular weight is 350 g/mol. The molecule has 0 radical (unpaired) electrons. The van der Waals surface area contributed by atoms with Crippen LogP contribution in [0.3, 0.4) is 0 Å². The SMILES string of the molecule is CC(=O)CC(CC(C)=O)(OO)OOC(CC(C)=O)(CC(C)=O)OO. The summed E-state index contributed by atoms with van der Waals surface area (Å²) in [6.45, 7) is 4.60. The van der Waals surface area contributed by atoms with E-state index in [2.05, 4.69) is 9.78 Å². The van der Waals surface area contributed by atoms with Crippen LogP contribution in [0.1, 0.15) is 53.4 Å². The molecule has 0 saturated carbocycles. The van der Waals surface area contributed by atoms with Crippen LogP contribution in [-0.4, -0.2) is 45.2 Å². The van der Waals surface area contributed by atoms with Gasteiger partial charge in [0.1, 0.15) is 23.1 Å². The number of rotatable bonds is 13. The maximum Gasteiger partial charge on any atom is 0.247 e. The minimum Gasteiger partial charge on any atom is -0.300 e. The predicted molar refractivity (Wildman–Crippen MR) is 76.3 cm³/mol. The Kier molecular flexibility index (Phi) is 9.04. The van der Waals surface area contributed by atoms with Gasteiger partial charge in [-0.05, 0) is 27.7 Å². The van der Waals surface area contributed by atoms with Gasteiger partial charge < -0.3 is 0 Å². The summed E-state index contributed by atoms with van der Waals surface area (Å²) >= 11 is 0. The lowest BCUT2D eigenvalue weighted by Gasteiger charge is -2.33. The van der Waals surface area contributed by atoms with Gasteiger partial charge in [-0.1, -0.05) is 0 Å². The molecule has 0 aliphatic carbocycles. The Bertz CT molecular complexity index is 408. The van der Waals surface area contributed by atoms with Gasteiger partial charge in [-0.3, -0.25) is 19.2 Å². The molecule has 0 aliphatic heterocycles. The Morgan fingerprint density at radius 3 is 0.958 bits per heavy atom. The third kappa shape index (κ3) is 7.81. The van der Waals surface area contributed by atoms with Crippen LogP contribution in [0.5, 0.6) is 0 Å². The van der Waals surface area contributed by atoms with E-state index in [0.717, 1.165) is 27.7 Å². The Balaban J connectivity index is 5.47. The molecule has 2 N–H and O–H groups in total. The minimum atomic E-state index is -2.21. The summed E-state index contributed by atoms with van der Waals surface area (Å²) in [5, 5.41) is 18.1. The summed E-state index contributed by atoms with van der Waals surface area (Å²) in [4.78, 5) is 63.2. The number of carbonyl (C=O) groups excluding carboxylic acids is 4. The van der Waals surface area contributed by atoms with Crippen LogP contribution in [0.4, 0.5) is 0 Å². The molecule has 0 aromatic heterocycles. The smallest absolute Gasteiger partial charge is 0.247 e. The minimum absolute atomic E-state index is 0.512. The molecule has 0 aliphatic rings. The van der Waals surface area contributed by atoms with Gasteiger partial charge in [0.25, 0.3) is 0 Å². The average Bonchev–Trinajstić information content (AvgIpc) is 2.42. The van der Waals surface area contributed by atoms with Crippen LogP contribution in [-0.2, 0) is 38.7 Å². The summed E-state index contributed by atoms with van der Waals surface area (Å²) in [5.41, 5.74) is 0. The normalized spacial score (nSPS) is 12.1. The second kappa shape index (κ2) is 9.67. The van der Waals surface area contributed by atoms with Gasteiger partial charge in [-0.15, -0.1) is 0 Å². The molecule has 0 bridgehead atoms. The van der Waals surface area contributed by atoms with Crippen molar-refractivity contribution in [1.82, 2.24) is 0 Å². The van der Waals surface area contributed by atoms with Crippen molar-refractivity contribution in [2.75, 3.05) is 0 Å². The Morgan fingerprint density at radius 1 is 0.625 bits per heavy atom. The summed E-state index contributed by atoms with van der Waals surface area (Å²) < 4.78 is 0. The van der Waals surface area contributed by atoms with E-state index in [9.17, 15) is 19.2 Å². The molecule has 0 aromatic carbocycles. The van der Waals surface area contributed by atoms with E-state index in [0.29, 0.717) is 0 Å². The highest BCUT2D eigenvalue weighted by atomic mass is 17.3. The maximum atomic E-state index is 11.3. The van der Waals surface area contributed by atoms with E-state index in [4.69, 9.17) is 20.3 Å². The van der Waals surface area contributed by atoms with Gasteiger partial charge >= 0.3 is 0 Å². The van der Waals surface area contributed by atoms with Crippen molar-refractivity contribution in [3.8, 4) is 0 Å². The number of hydrogen-bond donors (Lipinski definition) is 2. The fourth-order valence-corrected chi connectivity index (χ4v) is 2.07. The van der Waals surface area contributed by atoms with E-state index in [1.54, 1.807) is 0 Å². The first kappa shape index (κ1) is 22.4. The largest absolute Gasteiger partial charge is 0.300 e. The number of carbonyl (C=O) groups is 4. The lowest BCUT2D eigenvalue weighted by molar-refractivity contribution is -0.568. The van der Waals surface area contributed by atoms with Gasteiger partial charge in [-0.2, -0.15) is 19.6 Å². The van der Waals surface area contributed by atoms with Crippen LogP contribution in [0.25, 0.3) is 0 Å². The van der Waals surface area contributed by atoms with Gasteiger partial charge in [-0.25, -0.2) is 10.5 Å². The van der Waals surface area contributed by atoms with Crippen LogP contribution in [0.15, 0.2) is 0 Å². The molecule has 24 heavy (non-hydrogen) atoms. The zero-order chi connectivity index (χ0) is 19.0. The van der Waals surface area contributed by atoms with Crippen molar-refractivity contribution in [3.05, 3.63) is 0 Å². The van der Waals surface area contributed by atoms with Crippen molar-refractivity contribution >= 4 is 23.1 Å². The number of hydrogen-bond acceptors (Lipinski definition) is 10. The Labute approximate surface area is 138 Å². The quantitative estimate of drug-likeness (QED) is 0.282. The fourth-order valence-electron chi connectivity index (χ4n) is 2.07. The Morgan fingerprint density at radius 2 is 0.833 bits per heavy atom. The molecular formula is C14H22O10. The van der Waals surface area contributed by atoms with Gasteiger partial charge in [0.15, 0.2) is 0 Å². The summed E-state index contributed by atoms with van der Waals surface area (Å²) in [5.74, 6) is -6.47. The van der Waals surface area contributed by atoms with E-state index in [1.165, 1.54) is 0 Å². The molecule has 10 heteroatoms. The molecule has 0 spiro atoms. The predicted octanol–water partition coefficient (Wildman–Crippen LogP) is 1.22. The fraction of sp³-hybridized carbons (Fsp3) is 0.714. The van der Waals surface area contributed by atoms with Crippen molar-refractivity contribution < 1.29 is 49.2 Å². The third-order valence-corrected chi connectivity index (χ3v) is 2.75. The standard InChI is InChI=1S/C14H22O10/c1-9(15)5-13(21-19,6-10(2)16)23-24-14(22-20,7-11(3)17)8-12(4)18/h19-20H,5-8H2,1-4H3. The highest BCUT2D eigenvalue weighted by molar-refractivity contribution is 5.81. The van der Waals surface area contributed by atoms with Crippen LogP contribution < -0.4 is 0 Å².